The van der Waals surface area contributed by atoms with E-state index in [0.717, 1.165) is 18.8 Å². The summed E-state index contributed by atoms with van der Waals surface area (Å²) in [7, 11) is 1.31. The zero-order valence-electron chi connectivity index (χ0n) is 19.4. The van der Waals surface area contributed by atoms with Crippen LogP contribution in [0.1, 0.15) is 118 Å². The molecule has 0 atom stereocenters. The minimum absolute atomic E-state index is 0.251. The smallest absolute Gasteiger partial charge is 0.339 e. The molecule has 1 aromatic carbocycles. The van der Waals surface area contributed by atoms with Crippen molar-refractivity contribution in [3.05, 3.63) is 35.4 Å². The molecule has 0 aliphatic carbocycles. The topological polar surface area (TPSA) is 52.6 Å². The molecular formula is C26H42O4. The lowest BCUT2D eigenvalue weighted by Crippen LogP contribution is -2.13. The molecule has 30 heavy (non-hydrogen) atoms. The van der Waals surface area contributed by atoms with Gasteiger partial charge >= 0.3 is 11.9 Å². The van der Waals surface area contributed by atoms with Crippen LogP contribution in [0.4, 0.5) is 0 Å². The van der Waals surface area contributed by atoms with Crippen molar-refractivity contribution >= 4 is 11.9 Å². The van der Waals surface area contributed by atoms with Crippen LogP contribution in [0.3, 0.4) is 0 Å². The second kappa shape index (κ2) is 16.9. The average molecular weight is 419 g/mol. The van der Waals surface area contributed by atoms with Crippen LogP contribution in [0, 0.1) is 5.92 Å². The number of esters is 2. The fourth-order valence-corrected chi connectivity index (χ4v) is 3.61. The van der Waals surface area contributed by atoms with Crippen molar-refractivity contribution in [1.29, 1.82) is 0 Å². The van der Waals surface area contributed by atoms with Crippen molar-refractivity contribution in [2.75, 3.05) is 13.7 Å². The van der Waals surface area contributed by atoms with Gasteiger partial charge in [0.2, 0.25) is 0 Å². The third-order valence-corrected chi connectivity index (χ3v) is 5.46. The van der Waals surface area contributed by atoms with Crippen molar-refractivity contribution in [1.82, 2.24) is 0 Å². The maximum Gasteiger partial charge on any atom is 0.339 e. The van der Waals surface area contributed by atoms with Gasteiger partial charge in [0, 0.05) is 0 Å². The predicted molar refractivity (Wildman–Crippen MR) is 123 cm³/mol. The molecule has 0 N–H and O–H groups in total. The summed E-state index contributed by atoms with van der Waals surface area (Å²) in [6.07, 6.45) is 16.7. The number of hydrogen-bond acceptors (Lipinski definition) is 4. The van der Waals surface area contributed by atoms with Gasteiger partial charge in [0.1, 0.15) is 0 Å². The van der Waals surface area contributed by atoms with Crippen molar-refractivity contribution < 1.29 is 19.1 Å². The van der Waals surface area contributed by atoms with E-state index in [2.05, 4.69) is 13.8 Å². The number of hydrogen-bond donors (Lipinski definition) is 0. The van der Waals surface area contributed by atoms with Gasteiger partial charge in [-0.3, -0.25) is 0 Å². The number of carbonyl (C=O) groups is 2. The van der Waals surface area contributed by atoms with Crippen LogP contribution in [-0.4, -0.2) is 25.7 Å². The maximum absolute atomic E-state index is 12.2. The third kappa shape index (κ3) is 12.0. The van der Waals surface area contributed by atoms with Gasteiger partial charge in [0.05, 0.1) is 24.8 Å². The number of benzene rings is 1. The van der Waals surface area contributed by atoms with Crippen LogP contribution in [-0.2, 0) is 9.47 Å². The van der Waals surface area contributed by atoms with Crippen LogP contribution < -0.4 is 0 Å². The predicted octanol–water partition coefficient (Wildman–Crippen LogP) is 7.36. The Morgan fingerprint density at radius 2 is 1.13 bits per heavy atom. The molecule has 0 saturated carbocycles. The van der Waals surface area contributed by atoms with E-state index >= 15 is 0 Å². The number of methoxy groups -OCH3 is 1. The normalized spacial score (nSPS) is 10.9. The van der Waals surface area contributed by atoms with Crippen LogP contribution >= 0.6 is 0 Å². The number of unbranched alkanes of at least 4 members (excludes halogenated alkanes) is 11. The highest BCUT2D eigenvalue weighted by molar-refractivity contribution is 6.03. The van der Waals surface area contributed by atoms with Crippen molar-refractivity contribution in [3.8, 4) is 0 Å². The first-order valence-corrected chi connectivity index (χ1v) is 11.9. The first-order chi connectivity index (χ1) is 14.6. The average Bonchev–Trinajstić information content (AvgIpc) is 2.75. The van der Waals surface area contributed by atoms with E-state index in [1.165, 1.54) is 77.7 Å². The first kappa shape index (κ1) is 26.2. The quantitative estimate of drug-likeness (QED) is 0.196. The molecule has 1 aromatic rings. The summed E-state index contributed by atoms with van der Waals surface area (Å²) in [4.78, 5) is 23.9. The van der Waals surface area contributed by atoms with E-state index in [4.69, 9.17) is 9.47 Å². The van der Waals surface area contributed by atoms with Crippen LogP contribution in [0.15, 0.2) is 24.3 Å². The molecular weight excluding hydrogens is 376 g/mol. The van der Waals surface area contributed by atoms with E-state index in [0.29, 0.717) is 6.61 Å². The molecule has 170 valence electrons. The lowest BCUT2D eigenvalue weighted by molar-refractivity contribution is 0.0480. The minimum Gasteiger partial charge on any atom is -0.465 e. The lowest BCUT2D eigenvalue weighted by atomic mass is 10.0. The summed E-state index contributed by atoms with van der Waals surface area (Å²) in [5.41, 5.74) is 0.518. The fraction of sp³-hybridized carbons (Fsp3) is 0.692. The molecule has 0 aromatic heterocycles. The largest absolute Gasteiger partial charge is 0.465 e. The summed E-state index contributed by atoms with van der Waals surface area (Å²) < 4.78 is 10.0. The molecule has 0 unspecified atom stereocenters. The summed E-state index contributed by atoms with van der Waals surface area (Å²) in [5, 5.41) is 0. The van der Waals surface area contributed by atoms with Crippen LogP contribution in [0.25, 0.3) is 0 Å². The third-order valence-electron chi connectivity index (χ3n) is 5.46. The Kier molecular flexibility index (Phi) is 14.8. The summed E-state index contributed by atoms with van der Waals surface area (Å²) >= 11 is 0. The van der Waals surface area contributed by atoms with E-state index in [1.54, 1.807) is 24.3 Å². The Labute approximate surface area is 183 Å². The van der Waals surface area contributed by atoms with Crippen LogP contribution in [0.2, 0.25) is 0 Å². The van der Waals surface area contributed by atoms with Crippen molar-refractivity contribution in [2.24, 2.45) is 5.92 Å². The summed E-state index contributed by atoms with van der Waals surface area (Å²) in [6.45, 7) is 5.00. The van der Waals surface area contributed by atoms with Gasteiger partial charge < -0.3 is 9.47 Å². The standard InChI is InChI=1S/C26H42O4/c1-22(2)18-14-12-10-8-6-4-5-7-9-11-13-17-21-30-26(28)24-20-16-15-19-23(24)25(27)29-3/h15-16,19-20,22H,4-14,17-18,21H2,1-3H3. The summed E-state index contributed by atoms with van der Waals surface area (Å²) in [5.74, 6) is -0.130. The van der Waals surface area contributed by atoms with Gasteiger partial charge in [-0.2, -0.15) is 0 Å². The Morgan fingerprint density at radius 1 is 0.700 bits per heavy atom. The van der Waals surface area contributed by atoms with Crippen molar-refractivity contribution in [2.45, 2.75) is 97.3 Å². The molecule has 4 nitrogen and oxygen atoms in total. The van der Waals surface area contributed by atoms with E-state index in [1.807, 2.05) is 0 Å². The molecule has 0 saturated heterocycles. The maximum atomic E-state index is 12.2. The molecule has 0 aliphatic heterocycles. The summed E-state index contributed by atoms with van der Waals surface area (Å²) in [6, 6.07) is 6.60. The van der Waals surface area contributed by atoms with Gasteiger partial charge in [-0.15, -0.1) is 0 Å². The monoisotopic (exact) mass is 418 g/mol. The number of rotatable bonds is 17. The van der Waals surface area contributed by atoms with E-state index in [-0.39, 0.29) is 11.1 Å². The first-order valence-electron chi connectivity index (χ1n) is 11.9. The molecule has 0 fully saturated rings. The Balaban J connectivity index is 1.97. The van der Waals surface area contributed by atoms with E-state index < -0.39 is 11.9 Å². The minimum atomic E-state index is -0.520. The highest BCUT2D eigenvalue weighted by atomic mass is 16.5. The van der Waals surface area contributed by atoms with Gasteiger partial charge in [-0.05, 0) is 24.5 Å². The molecule has 0 radical (unpaired) electrons. The molecule has 0 aliphatic rings. The Hall–Kier alpha value is -1.84. The van der Waals surface area contributed by atoms with Gasteiger partial charge in [0.25, 0.3) is 0 Å². The fourth-order valence-electron chi connectivity index (χ4n) is 3.61. The highest BCUT2D eigenvalue weighted by Crippen LogP contribution is 2.15. The molecule has 0 bridgehead atoms. The van der Waals surface area contributed by atoms with Gasteiger partial charge in [0.15, 0.2) is 0 Å². The van der Waals surface area contributed by atoms with Crippen LogP contribution in [0.5, 0.6) is 0 Å². The number of ether oxygens (including phenoxy) is 2. The lowest BCUT2D eigenvalue weighted by Gasteiger charge is -2.08. The SMILES string of the molecule is COC(=O)c1ccccc1C(=O)OCCCCCCCCCCCCCCC(C)C. The zero-order valence-corrected chi connectivity index (χ0v) is 19.4. The van der Waals surface area contributed by atoms with Gasteiger partial charge in [-0.25, -0.2) is 9.59 Å². The molecule has 4 heteroatoms. The molecule has 0 spiro atoms. The molecule has 0 amide bonds. The number of carbonyl (C=O) groups excluding carboxylic acids is 2. The molecule has 1 rings (SSSR count). The van der Waals surface area contributed by atoms with Gasteiger partial charge in [-0.1, -0.05) is 103 Å². The molecule has 0 heterocycles. The Bertz CT molecular complexity index is 594. The second-order valence-corrected chi connectivity index (χ2v) is 8.60. The second-order valence-electron chi connectivity index (χ2n) is 8.60. The van der Waals surface area contributed by atoms with Crippen molar-refractivity contribution in [3.63, 3.8) is 0 Å². The zero-order chi connectivity index (χ0) is 22.0. The Morgan fingerprint density at radius 3 is 1.60 bits per heavy atom. The highest BCUT2D eigenvalue weighted by Gasteiger charge is 2.17. The van der Waals surface area contributed by atoms with E-state index in [9.17, 15) is 9.59 Å².